The molecule has 2 aliphatic heterocycles. The summed E-state index contributed by atoms with van der Waals surface area (Å²) < 4.78 is 54.5. The molecule has 0 radical (unpaired) electrons. The predicted octanol–water partition coefficient (Wildman–Crippen LogP) is 17.7. The molecule has 0 saturated carbocycles. The van der Waals surface area contributed by atoms with E-state index in [0.29, 0.717) is 163 Å². The summed E-state index contributed by atoms with van der Waals surface area (Å²) in [6.45, 7) is 25.2. The molecule has 8 N–H and O–H groups in total. The van der Waals surface area contributed by atoms with Gasteiger partial charge in [-0.25, -0.2) is 24.4 Å². The van der Waals surface area contributed by atoms with Crippen LogP contribution in [0.1, 0.15) is 143 Å². The maximum Gasteiger partial charge on any atom is 0.500 e. The van der Waals surface area contributed by atoms with Gasteiger partial charge in [0, 0.05) is 171 Å². The smallest absolute Gasteiger partial charge is 0.374 e. The van der Waals surface area contributed by atoms with Crippen molar-refractivity contribution in [1.82, 2.24) is 35.9 Å². The number of Topliss-reactive ketones (excluding diaryl/α,β-unsaturated/α-hetero) is 1. The molecular weight excluding hydrogens is 1410 g/mol. The number of fused-ring (bicyclic) bond motifs is 8. The van der Waals surface area contributed by atoms with E-state index in [0.717, 1.165) is 91.4 Å². The predicted molar refractivity (Wildman–Crippen MR) is 435 cm³/mol. The lowest BCUT2D eigenvalue weighted by molar-refractivity contribution is -0.118. The summed E-state index contributed by atoms with van der Waals surface area (Å²) in [6.07, 6.45) is 13.3. The molecule has 3 aromatic heterocycles. The van der Waals surface area contributed by atoms with Crippen LogP contribution in [-0.2, 0) is 51.0 Å². The zero-order valence-corrected chi connectivity index (χ0v) is 66.8. The van der Waals surface area contributed by atoms with Crippen LogP contribution in [0.5, 0.6) is 0 Å². The van der Waals surface area contributed by atoms with Crippen LogP contribution in [-0.4, -0.2) is 149 Å². The number of hydrogen-bond acceptors (Lipinski definition) is 15. The molecular formula is C81H108N10O13Si3. The molecule has 0 saturated heterocycles. The lowest BCUT2D eigenvalue weighted by atomic mass is 9.99. The molecule has 7 aromatic rings. The van der Waals surface area contributed by atoms with E-state index in [1.165, 1.54) is 0 Å². The van der Waals surface area contributed by atoms with Gasteiger partial charge < -0.3 is 81.7 Å². The van der Waals surface area contributed by atoms with Gasteiger partial charge in [0.15, 0.2) is 0 Å². The average molecular weight is 1510 g/mol. The fourth-order valence-corrected chi connectivity index (χ4v) is 21.2. The number of aromatic amines is 2. The van der Waals surface area contributed by atoms with E-state index in [9.17, 15) is 19.2 Å². The summed E-state index contributed by atoms with van der Waals surface area (Å²) in [5, 5.41) is 18.0. The number of anilines is 3. The Morgan fingerprint density at radius 2 is 0.607 bits per heavy atom. The molecule has 6 amide bonds. The Labute approximate surface area is 633 Å². The Morgan fingerprint density at radius 3 is 0.888 bits per heavy atom. The Bertz CT molecular complexity index is 4150. The third kappa shape index (κ3) is 22.9. The number of amides is 6. The summed E-state index contributed by atoms with van der Waals surface area (Å²) >= 11 is 0. The SMILES string of the molecule is CCCCNC(=O)Nc1ccc(-c2c3nc(c(-c4ccc(NC(=O)NCCC[Si](OCC)(OCC)OCC)cc4)c4ccc([nH]4)c(-c4ccc(CC(=O)CCCC[Si](OCC)(OCC)OCC)cc4)c4nc(c(-c5ccc(NC(=O)NCCC[Si](OCC)(OCC)OCC)cc5)c5ccc2[nH]5)C=C4)C=C3)cc1. The highest BCUT2D eigenvalue weighted by Gasteiger charge is 2.42. The van der Waals surface area contributed by atoms with E-state index in [1.807, 2.05) is 184 Å². The highest BCUT2D eigenvalue weighted by Crippen LogP contribution is 2.40. The monoisotopic (exact) mass is 1510 g/mol. The molecule has 0 fully saturated rings. The zero-order chi connectivity index (χ0) is 76.0. The second-order valence-corrected chi connectivity index (χ2v) is 33.7. The van der Waals surface area contributed by atoms with Crippen molar-refractivity contribution in [3.8, 4) is 44.5 Å². The summed E-state index contributed by atoms with van der Waals surface area (Å²) in [5.41, 5.74) is 14.9. The Hall–Kier alpha value is -8.75. The normalized spacial score (nSPS) is 12.2. The lowest BCUT2D eigenvalue weighted by Crippen LogP contribution is -2.46. The third-order valence-electron chi connectivity index (χ3n) is 17.9. The van der Waals surface area contributed by atoms with Crippen LogP contribution in [0, 0.1) is 0 Å². The number of hydrogen-bond donors (Lipinski definition) is 8. The number of urea groups is 3. The number of aromatic nitrogens is 4. The number of benzene rings is 4. The topological polar surface area (TPSA) is 281 Å². The maximum atomic E-state index is 13.7. The van der Waals surface area contributed by atoms with Gasteiger partial charge in [-0.3, -0.25) is 4.79 Å². The van der Waals surface area contributed by atoms with Gasteiger partial charge in [-0.2, -0.15) is 0 Å². The molecule has 5 heterocycles. The summed E-state index contributed by atoms with van der Waals surface area (Å²) in [4.78, 5) is 72.5. The molecule has 0 aliphatic carbocycles. The average Bonchev–Trinajstić information content (AvgIpc) is 1.62. The van der Waals surface area contributed by atoms with Gasteiger partial charge in [0.2, 0.25) is 0 Å². The van der Waals surface area contributed by atoms with Gasteiger partial charge in [0.05, 0.1) is 22.8 Å². The Morgan fingerprint density at radius 1 is 0.336 bits per heavy atom. The molecule has 9 rings (SSSR count). The molecule has 23 nitrogen and oxygen atoms in total. The van der Waals surface area contributed by atoms with Crippen molar-refractivity contribution < 1.29 is 59.0 Å². The second kappa shape index (κ2) is 41.6. The highest BCUT2D eigenvalue weighted by atomic mass is 28.4. The van der Waals surface area contributed by atoms with Gasteiger partial charge in [-0.1, -0.05) is 74.0 Å². The van der Waals surface area contributed by atoms with Gasteiger partial charge >= 0.3 is 44.5 Å². The van der Waals surface area contributed by atoms with Crippen molar-refractivity contribution in [3.05, 3.63) is 150 Å². The van der Waals surface area contributed by atoms with Crippen molar-refractivity contribution in [1.29, 1.82) is 0 Å². The van der Waals surface area contributed by atoms with Gasteiger partial charge in [0.1, 0.15) is 5.78 Å². The minimum Gasteiger partial charge on any atom is -0.374 e. The van der Waals surface area contributed by atoms with Crippen LogP contribution in [0.3, 0.4) is 0 Å². The van der Waals surface area contributed by atoms with Crippen LogP contribution in [0.15, 0.2) is 121 Å². The number of carbonyl (C=O) groups is 4. The molecule has 8 bridgehead atoms. The molecule has 107 heavy (non-hydrogen) atoms. The summed E-state index contributed by atoms with van der Waals surface area (Å²) in [6, 6.07) is 40.3. The standard InChI is InChI=1S/C81H108N10O13Si3/c1-11-21-51-82-79(93)85-63-37-31-60(32-38-63)78-73-49-47-71(90-73)76(61-33-39-64(40-34-61)86-80(94)83-52-24-55-106(99-15-5,100-16-6)101-17-7)69-45-43-67(88-69)75(59-29-27-58(28-30-59)57-66(92)26-22-23-54-105(96-12-2,97-13-3)98-14-4)68-44-46-70(89-68)77(72-48-50-74(78)91-72)62-35-41-65(42-36-62)87-81(95)84-53-25-56-107(102-18-8,103-19-9)104-20-10/h27-50,88,91H,11-26,51-57H2,1-10H3,(H2,82,85,93)(H2,83,86,94)(H2,84,87,95). The lowest BCUT2D eigenvalue weighted by Gasteiger charge is -2.28. The molecule has 572 valence electrons. The van der Waals surface area contributed by atoms with Gasteiger partial charge in [0.25, 0.3) is 0 Å². The molecule has 0 unspecified atom stereocenters. The number of ketones is 1. The molecule has 2 aliphatic rings. The first-order valence-electron chi connectivity index (χ1n) is 38.1. The van der Waals surface area contributed by atoms with E-state index in [1.54, 1.807) is 0 Å². The molecule has 0 spiro atoms. The Kier molecular flexibility index (Phi) is 32.0. The number of nitrogens with zero attached hydrogens (tertiary/aromatic N) is 2. The third-order valence-corrected chi connectivity index (χ3v) is 27.3. The van der Waals surface area contributed by atoms with Crippen LogP contribution in [0.4, 0.5) is 31.4 Å². The largest absolute Gasteiger partial charge is 0.500 e. The number of unbranched alkanes of at least 4 members (excludes halogenated alkanes) is 2. The van der Waals surface area contributed by atoms with Crippen molar-refractivity contribution in [2.45, 2.75) is 139 Å². The van der Waals surface area contributed by atoms with Crippen molar-refractivity contribution in [2.24, 2.45) is 0 Å². The number of rotatable bonds is 43. The van der Waals surface area contributed by atoms with E-state index in [2.05, 4.69) is 73.1 Å². The first-order chi connectivity index (χ1) is 52.1. The fraction of sp³-hybridized carbons (Fsp3) is 0.407. The van der Waals surface area contributed by atoms with E-state index in [4.69, 9.17) is 49.8 Å². The minimum atomic E-state index is -2.89. The number of H-pyrrole nitrogens is 2. The van der Waals surface area contributed by atoms with E-state index < -0.39 is 26.4 Å². The summed E-state index contributed by atoms with van der Waals surface area (Å²) in [7, 11) is -8.61. The van der Waals surface area contributed by atoms with Crippen molar-refractivity contribution in [3.63, 3.8) is 0 Å². The van der Waals surface area contributed by atoms with Gasteiger partial charge in [-0.15, -0.1) is 0 Å². The van der Waals surface area contributed by atoms with Crippen LogP contribution < -0.4 is 31.9 Å². The Balaban J connectivity index is 1.13. The van der Waals surface area contributed by atoms with Crippen molar-refractivity contribution in [2.75, 3.05) is 95.0 Å². The van der Waals surface area contributed by atoms with E-state index >= 15 is 0 Å². The van der Waals surface area contributed by atoms with Crippen LogP contribution in [0.25, 0.3) is 90.9 Å². The first-order valence-corrected chi connectivity index (χ1v) is 43.9. The van der Waals surface area contributed by atoms with E-state index in [-0.39, 0.29) is 30.3 Å². The number of carbonyl (C=O) groups excluding carboxylic acids is 4. The second-order valence-electron chi connectivity index (χ2n) is 25.5. The fourth-order valence-electron chi connectivity index (χ4n) is 13.3. The number of nitrogens with one attached hydrogen (secondary N) is 8. The minimum absolute atomic E-state index is 0.139. The van der Waals surface area contributed by atoms with Crippen molar-refractivity contribution >= 4 is 114 Å². The first kappa shape index (κ1) is 82.3. The van der Waals surface area contributed by atoms with Crippen LogP contribution in [0.2, 0.25) is 18.1 Å². The zero-order valence-electron chi connectivity index (χ0n) is 63.8. The quantitative estimate of drug-likeness (QED) is 0.0130. The summed E-state index contributed by atoms with van der Waals surface area (Å²) in [5.74, 6) is 0.139. The molecule has 0 atom stereocenters. The van der Waals surface area contributed by atoms with Gasteiger partial charge in [-0.05, 0) is 207 Å². The molecule has 26 heteroatoms. The maximum absolute atomic E-state index is 13.7. The van der Waals surface area contributed by atoms with Crippen LogP contribution >= 0.6 is 0 Å². The molecule has 4 aromatic carbocycles. The highest BCUT2D eigenvalue weighted by molar-refractivity contribution is 6.61.